The van der Waals surface area contributed by atoms with Crippen molar-refractivity contribution in [3.63, 3.8) is 0 Å². The molecule has 1 aliphatic rings. The molecule has 1 fully saturated rings. The van der Waals surface area contributed by atoms with Crippen molar-refractivity contribution in [1.82, 2.24) is 9.88 Å². The summed E-state index contributed by atoms with van der Waals surface area (Å²) in [5.74, 6) is -2.30. The second kappa shape index (κ2) is 6.82. The molecule has 2 heterocycles. The quantitative estimate of drug-likeness (QED) is 0.856. The Labute approximate surface area is 129 Å². The van der Waals surface area contributed by atoms with Crippen molar-refractivity contribution in [2.45, 2.75) is 6.18 Å². The van der Waals surface area contributed by atoms with Gasteiger partial charge in [-0.15, -0.1) is 0 Å². The Hall–Kier alpha value is -2.36. The van der Waals surface area contributed by atoms with Crippen LogP contribution in [0.15, 0.2) is 12.1 Å². The Bertz CT molecular complexity index is 601. The van der Waals surface area contributed by atoms with Gasteiger partial charge < -0.3 is 20.1 Å². The fourth-order valence-corrected chi connectivity index (χ4v) is 2.01. The molecule has 23 heavy (non-hydrogen) atoms. The largest absolute Gasteiger partial charge is 0.478 e. The highest BCUT2D eigenvalue weighted by Crippen LogP contribution is 2.29. The lowest BCUT2D eigenvalue weighted by Crippen LogP contribution is -2.43. The number of hydrogen-bond donors (Lipinski definition) is 2. The number of aromatic carboxylic acids is 1. The first kappa shape index (κ1) is 17.0. The lowest BCUT2D eigenvalue weighted by atomic mass is 10.2. The number of nitrogens with one attached hydrogen (secondary N) is 1. The lowest BCUT2D eigenvalue weighted by Gasteiger charge is -2.27. The van der Waals surface area contributed by atoms with E-state index in [1.165, 1.54) is 4.90 Å². The van der Waals surface area contributed by atoms with Gasteiger partial charge in [-0.2, -0.15) is 13.2 Å². The third-order valence-corrected chi connectivity index (χ3v) is 3.19. The number of alkyl halides is 3. The maximum atomic E-state index is 12.7. The zero-order valence-corrected chi connectivity index (χ0v) is 11.9. The minimum atomic E-state index is -4.71. The average Bonchev–Trinajstić information content (AvgIpc) is 2.52. The van der Waals surface area contributed by atoms with E-state index in [2.05, 4.69) is 10.3 Å². The molecule has 1 saturated heterocycles. The molecule has 0 aliphatic carbocycles. The smallest absolute Gasteiger partial charge is 0.433 e. The summed E-state index contributed by atoms with van der Waals surface area (Å²) < 4.78 is 43.1. The fourth-order valence-electron chi connectivity index (χ4n) is 2.01. The molecule has 0 radical (unpaired) electrons. The zero-order chi connectivity index (χ0) is 17.0. The normalized spacial score (nSPS) is 15.3. The molecule has 1 amide bonds. The second-order valence-corrected chi connectivity index (χ2v) is 4.74. The molecule has 7 nitrogen and oxygen atoms in total. The van der Waals surface area contributed by atoms with Crippen molar-refractivity contribution in [3.8, 4) is 0 Å². The second-order valence-electron chi connectivity index (χ2n) is 4.74. The number of carboxylic acids is 1. The molecule has 1 aromatic rings. The van der Waals surface area contributed by atoms with Crippen LogP contribution >= 0.6 is 0 Å². The Morgan fingerprint density at radius 2 is 1.96 bits per heavy atom. The number of carboxylic acid groups (broad SMARTS) is 1. The van der Waals surface area contributed by atoms with E-state index in [4.69, 9.17) is 9.84 Å². The Kier molecular flexibility index (Phi) is 5.04. The number of pyridine rings is 1. The van der Waals surface area contributed by atoms with E-state index in [-0.39, 0.29) is 12.5 Å². The van der Waals surface area contributed by atoms with Gasteiger partial charge in [0.1, 0.15) is 17.1 Å². The molecule has 2 N–H and O–H groups in total. The van der Waals surface area contributed by atoms with Crippen LogP contribution in [0.3, 0.4) is 0 Å². The average molecular weight is 333 g/mol. The van der Waals surface area contributed by atoms with E-state index in [9.17, 15) is 22.8 Å². The fraction of sp³-hybridized carbons (Fsp3) is 0.462. The van der Waals surface area contributed by atoms with Gasteiger partial charge in [0.2, 0.25) is 5.91 Å². The Balaban J connectivity index is 2.13. The number of morpholine rings is 1. The first-order chi connectivity index (χ1) is 10.8. The molecule has 0 aromatic carbocycles. The Morgan fingerprint density at radius 1 is 1.30 bits per heavy atom. The van der Waals surface area contributed by atoms with Crippen LogP contribution in [0.1, 0.15) is 16.1 Å². The van der Waals surface area contributed by atoms with Crippen LogP contribution in [0, 0.1) is 0 Å². The number of anilines is 1. The predicted molar refractivity (Wildman–Crippen MR) is 72.1 cm³/mol. The van der Waals surface area contributed by atoms with Crippen LogP contribution in [0.25, 0.3) is 0 Å². The number of aromatic nitrogens is 1. The van der Waals surface area contributed by atoms with Gasteiger partial charge >= 0.3 is 12.1 Å². The van der Waals surface area contributed by atoms with Gasteiger partial charge in [-0.25, -0.2) is 9.78 Å². The molecule has 0 spiro atoms. The molecule has 0 atom stereocenters. The minimum Gasteiger partial charge on any atom is -0.478 e. The summed E-state index contributed by atoms with van der Waals surface area (Å²) in [7, 11) is 0. The highest BCUT2D eigenvalue weighted by Gasteiger charge is 2.33. The van der Waals surface area contributed by atoms with Crippen LogP contribution < -0.4 is 5.32 Å². The van der Waals surface area contributed by atoms with E-state index in [0.29, 0.717) is 32.4 Å². The first-order valence-electron chi connectivity index (χ1n) is 6.70. The summed E-state index contributed by atoms with van der Waals surface area (Å²) in [5.41, 5.74) is -1.67. The molecule has 126 valence electrons. The number of ether oxygens (including phenoxy) is 1. The van der Waals surface area contributed by atoms with Gasteiger partial charge in [0, 0.05) is 13.1 Å². The summed E-state index contributed by atoms with van der Waals surface area (Å²) in [6.07, 6.45) is -4.71. The molecular weight excluding hydrogens is 319 g/mol. The summed E-state index contributed by atoms with van der Waals surface area (Å²) in [4.78, 5) is 27.7. The summed E-state index contributed by atoms with van der Waals surface area (Å²) in [5, 5.41) is 11.4. The molecule has 1 aliphatic heterocycles. The topological polar surface area (TPSA) is 91.8 Å². The lowest BCUT2D eigenvalue weighted by molar-refractivity contribution is -0.141. The van der Waals surface area contributed by atoms with Gasteiger partial charge in [-0.05, 0) is 12.1 Å². The first-order valence-corrected chi connectivity index (χ1v) is 6.70. The SMILES string of the molecule is O=C(O)c1ccc(C(F)(F)F)nc1NCC(=O)N1CCOCC1. The monoisotopic (exact) mass is 333 g/mol. The van der Waals surface area contributed by atoms with E-state index >= 15 is 0 Å². The number of carbonyl (C=O) groups excluding carboxylic acids is 1. The number of halogens is 3. The van der Waals surface area contributed by atoms with E-state index in [1.54, 1.807) is 0 Å². The molecule has 0 bridgehead atoms. The summed E-state index contributed by atoms with van der Waals surface area (Å²) in [6.45, 7) is 1.17. The molecule has 0 saturated carbocycles. The van der Waals surface area contributed by atoms with Crippen molar-refractivity contribution in [3.05, 3.63) is 23.4 Å². The van der Waals surface area contributed by atoms with Crippen LogP contribution in [-0.4, -0.2) is 59.7 Å². The molecule has 10 heteroatoms. The van der Waals surface area contributed by atoms with Gasteiger partial charge in [0.15, 0.2) is 0 Å². The van der Waals surface area contributed by atoms with Crippen molar-refractivity contribution in [2.24, 2.45) is 0 Å². The summed E-state index contributed by atoms with van der Waals surface area (Å²) in [6, 6.07) is 1.39. The molecule has 2 rings (SSSR count). The number of amides is 1. The third-order valence-electron chi connectivity index (χ3n) is 3.19. The van der Waals surface area contributed by atoms with Gasteiger partial charge in [-0.3, -0.25) is 4.79 Å². The van der Waals surface area contributed by atoms with Crippen LogP contribution in [0.4, 0.5) is 19.0 Å². The molecular formula is C13H14F3N3O4. The van der Waals surface area contributed by atoms with Crippen LogP contribution in [0.5, 0.6) is 0 Å². The maximum absolute atomic E-state index is 12.7. The predicted octanol–water partition coefficient (Wildman–Crippen LogP) is 1.07. The number of carbonyl (C=O) groups is 2. The highest BCUT2D eigenvalue weighted by atomic mass is 19.4. The van der Waals surface area contributed by atoms with Crippen LogP contribution in [0.2, 0.25) is 0 Å². The highest BCUT2D eigenvalue weighted by molar-refractivity contribution is 5.94. The summed E-state index contributed by atoms with van der Waals surface area (Å²) >= 11 is 0. The van der Waals surface area contributed by atoms with Crippen molar-refractivity contribution >= 4 is 17.7 Å². The third kappa shape index (κ3) is 4.31. The molecule has 0 unspecified atom stereocenters. The van der Waals surface area contributed by atoms with Crippen LogP contribution in [-0.2, 0) is 15.7 Å². The van der Waals surface area contributed by atoms with E-state index in [0.717, 1.165) is 6.07 Å². The number of rotatable bonds is 4. The number of nitrogens with zero attached hydrogens (tertiary/aromatic N) is 2. The molecule has 1 aromatic heterocycles. The van der Waals surface area contributed by atoms with Gasteiger partial charge in [-0.1, -0.05) is 0 Å². The zero-order valence-electron chi connectivity index (χ0n) is 11.9. The van der Waals surface area contributed by atoms with E-state index in [1.807, 2.05) is 0 Å². The van der Waals surface area contributed by atoms with Crippen molar-refractivity contribution in [1.29, 1.82) is 0 Å². The Morgan fingerprint density at radius 3 is 2.52 bits per heavy atom. The maximum Gasteiger partial charge on any atom is 0.433 e. The van der Waals surface area contributed by atoms with E-state index < -0.39 is 29.2 Å². The number of hydrogen-bond acceptors (Lipinski definition) is 5. The minimum absolute atomic E-state index is 0.353. The standard InChI is InChI=1S/C13H14F3N3O4/c14-13(15,16)9-2-1-8(12(21)22)11(18-9)17-7-10(20)19-3-5-23-6-4-19/h1-2H,3-7H2,(H,17,18)(H,21,22). The van der Waals surface area contributed by atoms with Gasteiger partial charge in [0.25, 0.3) is 0 Å². The van der Waals surface area contributed by atoms with Crippen molar-refractivity contribution < 1.29 is 32.6 Å². The van der Waals surface area contributed by atoms with Gasteiger partial charge in [0.05, 0.1) is 19.8 Å². The van der Waals surface area contributed by atoms with Crippen molar-refractivity contribution in [2.75, 3.05) is 38.2 Å².